The molecule has 1 N–H and O–H groups in total. The van der Waals surface area contributed by atoms with E-state index in [1.807, 2.05) is 13.0 Å². The maximum absolute atomic E-state index is 11.1. The van der Waals surface area contributed by atoms with E-state index in [-0.39, 0.29) is 12.1 Å². The molecule has 1 aliphatic rings. The molecular formula is C19H19ClN2O6. The molecular weight excluding hydrogens is 388 g/mol. The lowest BCUT2D eigenvalue weighted by Crippen LogP contribution is -2.68. The number of halogens is 1. The van der Waals surface area contributed by atoms with Crippen LogP contribution in [0.1, 0.15) is 31.1 Å². The van der Waals surface area contributed by atoms with Crippen molar-refractivity contribution in [2.45, 2.75) is 32.9 Å². The number of nitrogens with one attached hydrogen (secondary N) is 1. The average molecular weight is 407 g/mol. The molecule has 1 atom stereocenters. The molecule has 0 radical (unpaired) electrons. The molecule has 0 amide bonds. The monoisotopic (exact) mass is 406 g/mol. The van der Waals surface area contributed by atoms with E-state index < -0.39 is 10.2 Å². The number of fused-ring (bicyclic) bond motifs is 5. The summed E-state index contributed by atoms with van der Waals surface area (Å²) in [6, 6.07) is 12.6. The Hall–Kier alpha value is -2.49. The number of hydrogen-bond acceptors (Lipinski definition) is 6. The van der Waals surface area contributed by atoms with Gasteiger partial charge in [-0.15, -0.1) is 10.2 Å². The van der Waals surface area contributed by atoms with Gasteiger partial charge in [0.1, 0.15) is 11.8 Å². The van der Waals surface area contributed by atoms with Crippen LogP contribution < -0.4 is 23.2 Å². The van der Waals surface area contributed by atoms with Crippen molar-refractivity contribution in [1.82, 2.24) is 4.98 Å². The SMILES string of the molecule is CC(=O)OC(C)c1ccc2[n+](c1)CCc1c-2[nH]c2ccccc12.[O-][Cl+3]([O-])([O-])[O-]. The zero-order valence-corrected chi connectivity index (χ0v) is 16.1. The summed E-state index contributed by atoms with van der Waals surface area (Å²) in [7, 11) is -4.94. The molecule has 0 bridgehead atoms. The van der Waals surface area contributed by atoms with E-state index in [0.29, 0.717) is 0 Å². The first-order valence-corrected chi connectivity index (χ1v) is 9.79. The summed E-state index contributed by atoms with van der Waals surface area (Å²) in [5.41, 5.74) is 5.97. The standard InChI is InChI=1S/C19H18N2O2.ClHO4/c1-12(23-13(2)22)14-7-8-18-19-16(9-10-21(18)11-14)15-5-3-4-6-17(15)20-19;2-1(3,4)5/h3-8,11-12H,9-10H2,1-2H3;(H,2,3,4,5). The predicted molar refractivity (Wildman–Crippen MR) is 87.8 cm³/mol. The normalized spacial score (nSPS) is 13.8. The summed E-state index contributed by atoms with van der Waals surface area (Å²) in [6.45, 7) is 4.28. The van der Waals surface area contributed by atoms with Crippen LogP contribution in [-0.2, 0) is 22.5 Å². The molecule has 28 heavy (non-hydrogen) atoms. The summed E-state index contributed by atoms with van der Waals surface area (Å²) in [5.74, 6) is -0.252. The molecule has 9 heteroatoms. The third-order valence-corrected chi connectivity index (χ3v) is 4.53. The molecule has 1 aliphatic heterocycles. The lowest BCUT2D eigenvalue weighted by Gasteiger charge is -2.17. The van der Waals surface area contributed by atoms with Crippen molar-refractivity contribution in [1.29, 1.82) is 0 Å². The van der Waals surface area contributed by atoms with Gasteiger partial charge in [-0.05, 0) is 24.6 Å². The molecule has 3 aromatic rings. The maximum atomic E-state index is 11.1. The van der Waals surface area contributed by atoms with Gasteiger partial charge >= 0.3 is 5.97 Å². The molecule has 0 aliphatic carbocycles. The maximum Gasteiger partial charge on any atom is 0.303 e. The van der Waals surface area contributed by atoms with Crippen LogP contribution in [-0.4, -0.2) is 11.0 Å². The number of para-hydroxylation sites is 1. The minimum Gasteiger partial charge on any atom is -0.458 e. The zero-order valence-electron chi connectivity index (χ0n) is 15.3. The Morgan fingerprint density at radius 1 is 1.18 bits per heavy atom. The van der Waals surface area contributed by atoms with E-state index in [9.17, 15) is 4.79 Å². The van der Waals surface area contributed by atoms with E-state index in [4.69, 9.17) is 23.4 Å². The fourth-order valence-electron chi connectivity index (χ4n) is 3.44. The molecule has 0 saturated heterocycles. The smallest absolute Gasteiger partial charge is 0.303 e. The highest BCUT2D eigenvalue weighted by atomic mass is 35.7. The second kappa shape index (κ2) is 7.86. The fourth-order valence-corrected chi connectivity index (χ4v) is 3.44. The van der Waals surface area contributed by atoms with Crippen LogP contribution >= 0.6 is 0 Å². The first kappa shape index (κ1) is 20.2. The van der Waals surface area contributed by atoms with E-state index in [0.717, 1.165) is 18.5 Å². The van der Waals surface area contributed by atoms with Gasteiger partial charge in [-0.25, -0.2) is 18.6 Å². The number of aromatic nitrogens is 2. The first-order chi connectivity index (χ1) is 13.1. The highest BCUT2D eigenvalue weighted by Crippen LogP contribution is 2.32. The number of pyridine rings is 1. The second-order valence-corrected chi connectivity index (χ2v) is 7.20. The van der Waals surface area contributed by atoms with Gasteiger partial charge in [0.05, 0.1) is 5.56 Å². The lowest BCUT2D eigenvalue weighted by atomic mass is 10.0. The first-order valence-electron chi connectivity index (χ1n) is 8.56. The molecule has 8 nitrogen and oxygen atoms in total. The third-order valence-electron chi connectivity index (χ3n) is 4.53. The van der Waals surface area contributed by atoms with Crippen molar-refractivity contribution in [3.8, 4) is 11.4 Å². The summed E-state index contributed by atoms with van der Waals surface area (Å²) in [6.07, 6.45) is 2.87. The summed E-state index contributed by atoms with van der Waals surface area (Å²) in [4.78, 5) is 14.7. The van der Waals surface area contributed by atoms with Crippen molar-refractivity contribution < 1.29 is 43.0 Å². The van der Waals surface area contributed by atoms with Crippen molar-refractivity contribution in [3.05, 3.63) is 53.7 Å². The Balaban J connectivity index is 0.000000403. The van der Waals surface area contributed by atoms with Crippen LogP contribution in [0.25, 0.3) is 22.3 Å². The quantitative estimate of drug-likeness (QED) is 0.408. The summed E-state index contributed by atoms with van der Waals surface area (Å²) < 4.78 is 41.5. The number of hydrogen-bond donors (Lipinski definition) is 1. The molecule has 3 heterocycles. The minimum atomic E-state index is -4.94. The van der Waals surface area contributed by atoms with Crippen LogP contribution in [0.15, 0.2) is 42.6 Å². The van der Waals surface area contributed by atoms with Crippen molar-refractivity contribution in [3.63, 3.8) is 0 Å². The second-order valence-electron chi connectivity index (χ2n) is 6.44. The van der Waals surface area contributed by atoms with Crippen LogP contribution in [0, 0.1) is 10.2 Å². The largest absolute Gasteiger partial charge is 0.458 e. The number of esters is 1. The van der Waals surface area contributed by atoms with E-state index >= 15 is 0 Å². The fraction of sp³-hybridized carbons (Fsp3) is 0.263. The number of carbonyl (C=O) groups excluding carboxylic acids is 1. The topological polar surface area (TPSA) is 138 Å². The van der Waals surface area contributed by atoms with E-state index in [2.05, 4.69) is 46.1 Å². The number of carbonyl (C=O) groups is 1. The average Bonchev–Trinajstić information content (AvgIpc) is 2.98. The van der Waals surface area contributed by atoms with Crippen LogP contribution in [0.2, 0.25) is 0 Å². The van der Waals surface area contributed by atoms with Crippen LogP contribution in [0.5, 0.6) is 0 Å². The number of nitrogens with zero attached hydrogens (tertiary/aromatic N) is 1. The molecule has 148 valence electrons. The van der Waals surface area contributed by atoms with Crippen LogP contribution in [0.4, 0.5) is 0 Å². The Bertz CT molecular complexity index is 1010. The van der Waals surface area contributed by atoms with Gasteiger partial charge in [-0.2, -0.15) is 4.57 Å². The predicted octanol–water partition coefficient (Wildman–Crippen LogP) is -1.45. The molecule has 4 rings (SSSR count). The summed E-state index contributed by atoms with van der Waals surface area (Å²) in [5, 5.41) is 1.31. The molecule has 0 fully saturated rings. The molecule has 1 unspecified atom stereocenters. The zero-order chi connectivity index (χ0) is 20.5. The molecule has 0 spiro atoms. The van der Waals surface area contributed by atoms with Crippen molar-refractivity contribution in [2.75, 3.05) is 0 Å². The third kappa shape index (κ3) is 4.67. The molecule has 1 aromatic carbocycles. The van der Waals surface area contributed by atoms with Gasteiger partial charge in [-0.1, -0.05) is 18.2 Å². The Kier molecular flexibility index (Phi) is 5.69. The number of benzene rings is 1. The number of ether oxygens (including phenoxy) is 1. The van der Waals surface area contributed by atoms with E-state index in [1.165, 1.54) is 34.8 Å². The summed E-state index contributed by atoms with van der Waals surface area (Å²) >= 11 is 0. The van der Waals surface area contributed by atoms with Gasteiger partial charge in [-0.3, -0.25) is 4.79 Å². The van der Waals surface area contributed by atoms with Gasteiger partial charge < -0.3 is 9.72 Å². The Labute approximate surface area is 163 Å². The van der Waals surface area contributed by atoms with Crippen molar-refractivity contribution >= 4 is 16.9 Å². The van der Waals surface area contributed by atoms with E-state index in [1.54, 1.807) is 0 Å². The van der Waals surface area contributed by atoms with Gasteiger partial charge in [0, 0.05) is 30.3 Å². The number of rotatable bonds is 2. The minimum absolute atomic E-state index is 0.227. The lowest BCUT2D eigenvalue weighted by molar-refractivity contribution is -2.00. The number of aryl methyl sites for hydroxylation is 2. The molecule has 2 aromatic heterocycles. The Morgan fingerprint density at radius 2 is 1.86 bits per heavy atom. The Morgan fingerprint density at radius 3 is 2.54 bits per heavy atom. The van der Waals surface area contributed by atoms with Gasteiger partial charge in [0.25, 0.3) is 0 Å². The highest BCUT2D eigenvalue weighted by molar-refractivity contribution is 5.90. The van der Waals surface area contributed by atoms with Gasteiger partial charge in [0.2, 0.25) is 5.69 Å². The number of aromatic amines is 1. The highest BCUT2D eigenvalue weighted by Gasteiger charge is 2.27. The molecule has 0 saturated carbocycles. The van der Waals surface area contributed by atoms with Gasteiger partial charge in [0.15, 0.2) is 12.7 Å². The van der Waals surface area contributed by atoms with Crippen LogP contribution in [0.3, 0.4) is 0 Å². The number of H-pyrrole nitrogens is 1. The van der Waals surface area contributed by atoms with Crippen molar-refractivity contribution in [2.24, 2.45) is 0 Å².